The molecule has 0 unspecified atom stereocenters. The van der Waals surface area contributed by atoms with Gasteiger partial charge >= 0.3 is 0 Å². The predicted molar refractivity (Wildman–Crippen MR) is 115 cm³/mol. The molecule has 4 N–H and O–H groups in total. The zero-order valence-corrected chi connectivity index (χ0v) is 18.3. The monoisotopic (exact) mass is 402 g/mol. The predicted octanol–water partition coefficient (Wildman–Crippen LogP) is -0.280. The molecule has 1 saturated heterocycles. The Hall–Kier alpha value is -1.92. The van der Waals surface area contributed by atoms with Gasteiger partial charge in [-0.05, 0) is 43.7 Å². The molecule has 6 heteroatoms. The highest BCUT2D eigenvalue weighted by Crippen LogP contribution is 2.23. The number of benzene rings is 1. The van der Waals surface area contributed by atoms with Crippen LogP contribution in [0.1, 0.15) is 43.7 Å². The maximum absolute atomic E-state index is 12.5. The smallest absolute Gasteiger partial charge is 0.279 e. The van der Waals surface area contributed by atoms with Gasteiger partial charge in [-0.3, -0.25) is 9.59 Å². The Balaban J connectivity index is 1.38. The Morgan fingerprint density at radius 3 is 2.07 bits per heavy atom. The van der Waals surface area contributed by atoms with Crippen LogP contribution in [0.15, 0.2) is 18.2 Å². The van der Waals surface area contributed by atoms with E-state index < -0.39 is 0 Å². The van der Waals surface area contributed by atoms with Crippen molar-refractivity contribution in [1.29, 1.82) is 0 Å². The van der Waals surface area contributed by atoms with Crippen LogP contribution in [0.3, 0.4) is 0 Å². The number of anilines is 1. The van der Waals surface area contributed by atoms with Gasteiger partial charge < -0.3 is 20.4 Å². The molecule has 1 aliphatic heterocycles. The lowest BCUT2D eigenvalue weighted by Gasteiger charge is -2.31. The van der Waals surface area contributed by atoms with Gasteiger partial charge in [-0.15, -0.1) is 0 Å². The fourth-order valence-corrected chi connectivity index (χ4v) is 4.75. The highest BCUT2D eigenvalue weighted by atomic mass is 16.2. The van der Waals surface area contributed by atoms with Gasteiger partial charge in [0.25, 0.3) is 11.8 Å². The molecule has 0 spiro atoms. The Kier molecular flexibility index (Phi) is 7.67. The Bertz CT molecular complexity index is 693. The summed E-state index contributed by atoms with van der Waals surface area (Å²) in [4.78, 5) is 27.6. The van der Waals surface area contributed by atoms with Crippen molar-refractivity contribution in [2.24, 2.45) is 5.92 Å². The van der Waals surface area contributed by atoms with Crippen molar-refractivity contribution in [3.05, 3.63) is 29.3 Å². The van der Waals surface area contributed by atoms with Crippen LogP contribution in [0.25, 0.3) is 0 Å². The molecular formula is C23H38N4O2+2. The molecule has 0 bridgehead atoms. The van der Waals surface area contributed by atoms with Gasteiger partial charge in [0.1, 0.15) is 26.2 Å². The first kappa shape index (κ1) is 21.8. The molecule has 2 amide bonds. The summed E-state index contributed by atoms with van der Waals surface area (Å²) in [5, 5.41) is 6.35. The normalized spacial score (nSPS) is 27.3. The average Bonchev–Trinajstić information content (AvgIpc) is 2.68. The van der Waals surface area contributed by atoms with E-state index in [9.17, 15) is 9.59 Å². The van der Waals surface area contributed by atoms with Gasteiger partial charge in [0.05, 0.1) is 0 Å². The number of quaternary nitrogens is 2. The fourth-order valence-electron chi connectivity index (χ4n) is 4.75. The molecule has 0 radical (unpaired) electrons. The van der Waals surface area contributed by atoms with Crippen molar-refractivity contribution >= 4 is 17.5 Å². The minimum absolute atomic E-state index is 0.0740. The van der Waals surface area contributed by atoms with Crippen molar-refractivity contribution in [3.63, 3.8) is 0 Å². The van der Waals surface area contributed by atoms with E-state index in [-0.39, 0.29) is 11.8 Å². The van der Waals surface area contributed by atoms with Gasteiger partial charge in [-0.2, -0.15) is 0 Å². The summed E-state index contributed by atoms with van der Waals surface area (Å²) < 4.78 is 0. The summed E-state index contributed by atoms with van der Waals surface area (Å²) in [7, 11) is 0. The minimum Gasteiger partial charge on any atom is -0.348 e. The lowest BCUT2D eigenvalue weighted by molar-refractivity contribution is -1.00. The minimum atomic E-state index is 0.0740. The molecule has 160 valence electrons. The molecule has 29 heavy (non-hydrogen) atoms. The molecule has 2 aliphatic rings. The first-order valence-corrected chi connectivity index (χ1v) is 11.2. The average molecular weight is 403 g/mol. The van der Waals surface area contributed by atoms with Gasteiger partial charge in [0.15, 0.2) is 13.1 Å². The fraction of sp³-hybridized carbons (Fsp3) is 0.652. The molecule has 6 nitrogen and oxygen atoms in total. The zero-order valence-electron chi connectivity index (χ0n) is 18.3. The van der Waals surface area contributed by atoms with E-state index in [0.29, 0.717) is 25.0 Å². The second-order valence-corrected chi connectivity index (χ2v) is 9.10. The van der Waals surface area contributed by atoms with E-state index in [4.69, 9.17) is 0 Å². The number of piperazine rings is 1. The summed E-state index contributed by atoms with van der Waals surface area (Å²) in [5.41, 5.74) is 3.14. The molecule has 1 saturated carbocycles. The maximum atomic E-state index is 12.5. The number of hydrogen-bond donors (Lipinski definition) is 4. The summed E-state index contributed by atoms with van der Waals surface area (Å²) in [5.74, 6) is 0.860. The summed E-state index contributed by atoms with van der Waals surface area (Å²) in [6.07, 6.45) is 4.87. The van der Waals surface area contributed by atoms with Gasteiger partial charge in [-0.1, -0.05) is 38.0 Å². The molecular weight excluding hydrogens is 364 g/mol. The van der Waals surface area contributed by atoms with E-state index in [1.165, 1.54) is 29.1 Å². The SMILES string of the molecule is Cc1cccc(C)c1NC(=O)C[NH+]1CC[NH+](CC(=O)N[C@H]2CCCC[C@@H]2C)CC1. The van der Waals surface area contributed by atoms with Crippen molar-refractivity contribution < 1.29 is 19.4 Å². The Labute approximate surface area is 175 Å². The lowest BCUT2D eigenvalue weighted by Crippen LogP contribution is -3.28. The van der Waals surface area contributed by atoms with Gasteiger partial charge in [0, 0.05) is 11.7 Å². The van der Waals surface area contributed by atoms with Crippen LogP contribution in [0, 0.1) is 19.8 Å². The number of amides is 2. The van der Waals surface area contributed by atoms with Crippen LogP contribution in [0.4, 0.5) is 5.69 Å². The summed E-state index contributed by atoms with van der Waals surface area (Å²) >= 11 is 0. The molecule has 1 aromatic carbocycles. The largest absolute Gasteiger partial charge is 0.348 e. The van der Waals surface area contributed by atoms with E-state index in [1.54, 1.807) is 0 Å². The Morgan fingerprint density at radius 1 is 0.931 bits per heavy atom. The van der Waals surface area contributed by atoms with E-state index in [2.05, 4.69) is 17.6 Å². The maximum Gasteiger partial charge on any atom is 0.279 e. The number of para-hydroxylation sites is 1. The topological polar surface area (TPSA) is 67.1 Å². The number of aryl methyl sites for hydroxylation is 2. The molecule has 1 heterocycles. The number of rotatable bonds is 6. The number of carbonyl (C=O) groups is 2. The molecule has 2 atom stereocenters. The molecule has 0 aromatic heterocycles. The first-order chi connectivity index (χ1) is 13.9. The van der Waals surface area contributed by atoms with Crippen LogP contribution in [0.2, 0.25) is 0 Å². The lowest BCUT2D eigenvalue weighted by atomic mass is 9.86. The number of carbonyl (C=O) groups excluding carboxylic acids is 2. The van der Waals surface area contributed by atoms with Crippen LogP contribution < -0.4 is 20.4 Å². The van der Waals surface area contributed by atoms with Crippen molar-refractivity contribution in [1.82, 2.24) is 5.32 Å². The van der Waals surface area contributed by atoms with Crippen LogP contribution in [-0.2, 0) is 9.59 Å². The van der Waals surface area contributed by atoms with Crippen LogP contribution in [-0.4, -0.2) is 57.1 Å². The van der Waals surface area contributed by atoms with Gasteiger partial charge in [-0.25, -0.2) is 0 Å². The molecule has 3 rings (SSSR count). The van der Waals surface area contributed by atoms with Crippen molar-refractivity contribution in [2.75, 3.05) is 44.6 Å². The zero-order chi connectivity index (χ0) is 20.8. The van der Waals surface area contributed by atoms with E-state index >= 15 is 0 Å². The standard InChI is InChI=1S/C23H36N4O2/c1-17-7-4-5-10-20(17)24-21(28)15-26-11-13-27(14-12-26)16-22(29)25-23-18(2)8-6-9-19(23)3/h6,8-9,17,20H,4-5,7,10-16H2,1-3H3,(H,24,28)(H,25,29)/p+2/t17-,20-/m0/s1. The Morgan fingerprint density at radius 2 is 1.48 bits per heavy atom. The quantitative estimate of drug-likeness (QED) is 0.529. The second kappa shape index (κ2) is 10.2. The van der Waals surface area contributed by atoms with Crippen molar-refractivity contribution in [2.45, 2.75) is 52.5 Å². The summed E-state index contributed by atoms with van der Waals surface area (Å²) in [6.45, 7) is 11.1. The summed E-state index contributed by atoms with van der Waals surface area (Å²) in [6, 6.07) is 6.42. The number of hydrogen-bond acceptors (Lipinski definition) is 2. The number of nitrogens with one attached hydrogen (secondary N) is 4. The van der Waals surface area contributed by atoms with Crippen LogP contribution in [0.5, 0.6) is 0 Å². The van der Waals surface area contributed by atoms with Crippen molar-refractivity contribution in [3.8, 4) is 0 Å². The molecule has 1 aromatic rings. The molecule has 1 aliphatic carbocycles. The highest BCUT2D eigenvalue weighted by molar-refractivity contribution is 5.93. The third-order valence-electron chi connectivity index (χ3n) is 6.69. The highest BCUT2D eigenvalue weighted by Gasteiger charge is 2.28. The second-order valence-electron chi connectivity index (χ2n) is 9.10. The third kappa shape index (κ3) is 6.28. The van der Waals surface area contributed by atoms with E-state index in [1.807, 2.05) is 32.0 Å². The van der Waals surface area contributed by atoms with Crippen LogP contribution >= 0.6 is 0 Å². The van der Waals surface area contributed by atoms with Gasteiger partial charge in [0.2, 0.25) is 0 Å². The molecule has 2 fully saturated rings. The van der Waals surface area contributed by atoms with E-state index in [0.717, 1.165) is 49.4 Å². The third-order valence-corrected chi connectivity index (χ3v) is 6.69. The first-order valence-electron chi connectivity index (χ1n) is 11.2.